The number of Topliss-reactive ketones (excluding diaryl/α,β-unsaturated/α-hetero) is 2. The Morgan fingerprint density at radius 2 is 1.22 bits per heavy atom. The minimum atomic E-state index is -0.268. The number of nitrogens with zero attached hydrogens (tertiary/aromatic N) is 6. The van der Waals surface area contributed by atoms with Crippen molar-refractivity contribution in [1.82, 2.24) is 29.9 Å². The number of nitrogens with one attached hydrogen (secondary N) is 2. The Morgan fingerprint density at radius 3 is 1.71 bits per heavy atom. The van der Waals surface area contributed by atoms with Crippen LogP contribution in [0, 0.1) is 0 Å². The van der Waals surface area contributed by atoms with Gasteiger partial charge in [0.15, 0.2) is 11.6 Å². The fourth-order valence-electron chi connectivity index (χ4n) is 5.68. The highest BCUT2D eigenvalue weighted by Crippen LogP contribution is 2.31. The van der Waals surface area contributed by atoms with Crippen LogP contribution in [0.4, 0.5) is 23.5 Å². The molecule has 4 aromatic rings. The minimum Gasteiger partial charge on any atom is -0.368 e. The van der Waals surface area contributed by atoms with Crippen molar-refractivity contribution in [2.45, 2.75) is 130 Å². The Hall–Kier alpha value is -4.19. The summed E-state index contributed by atoms with van der Waals surface area (Å²) in [5, 5.41) is 7.49. The van der Waals surface area contributed by atoms with E-state index in [0.717, 1.165) is 63.3 Å². The zero-order valence-electron chi connectivity index (χ0n) is 29.9. The molecule has 0 radical (unpaired) electrons. The molecule has 0 fully saturated rings. The Labute approximate surface area is 295 Å². The summed E-state index contributed by atoms with van der Waals surface area (Å²) in [6, 6.07) is 5.42. The molecule has 13 heteroatoms. The number of aromatic nitrogens is 6. The lowest BCUT2D eigenvalue weighted by Crippen LogP contribution is -2.36. The van der Waals surface area contributed by atoms with Gasteiger partial charge in [-0.2, -0.15) is 9.97 Å². The first-order chi connectivity index (χ1) is 23.3. The molecule has 0 spiro atoms. The fourth-order valence-corrected chi connectivity index (χ4v) is 5.83. The summed E-state index contributed by atoms with van der Waals surface area (Å²) in [5.74, 6) is 1.99. The van der Waals surface area contributed by atoms with E-state index in [4.69, 9.17) is 23.1 Å². The van der Waals surface area contributed by atoms with Crippen LogP contribution in [0.25, 0.3) is 22.1 Å². The molecule has 0 aliphatic rings. The van der Waals surface area contributed by atoms with Crippen LogP contribution in [-0.4, -0.2) is 52.5 Å². The van der Waals surface area contributed by atoms with Gasteiger partial charge in [0.1, 0.15) is 22.6 Å². The van der Waals surface area contributed by atoms with E-state index in [-0.39, 0.29) is 34.5 Å². The Bertz CT molecular complexity index is 1700. The fraction of sp³-hybridized carbons (Fsp3) is 0.556. The van der Waals surface area contributed by atoms with Crippen LogP contribution in [0.5, 0.6) is 0 Å². The second-order valence-corrected chi connectivity index (χ2v) is 13.9. The highest BCUT2D eigenvalue weighted by Gasteiger charge is 2.27. The summed E-state index contributed by atoms with van der Waals surface area (Å²) in [4.78, 5) is 48.8. The maximum atomic E-state index is 11.5. The van der Waals surface area contributed by atoms with E-state index in [1.54, 1.807) is 32.3 Å². The van der Waals surface area contributed by atoms with Crippen LogP contribution < -0.4 is 22.1 Å². The molecule has 0 saturated heterocycles. The zero-order valence-corrected chi connectivity index (χ0v) is 30.7. The highest BCUT2D eigenvalue weighted by atomic mass is 35.5. The lowest BCUT2D eigenvalue weighted by atomic mass is 9.88. The third-order valence-corrected chi connectivity index (χ3v) is 8.76. The molecule has 4 heterocycles. The van der Waals surface area contributed by atoms with Crippen molar-refractivity contribution >= 4 is 68.8 Å². The molecular weight excluding hydrogens is 640 g/mol. The van der Waals surface area contributed by atoms with Gasteiger partial charge in [0.25, 0.3) is 0 Å². The zero-order chi connectivity index (χ0) is 36.0. The van der Waals surface area contributed by atoms with Crippen molar-refractivity contribution < 1.29 is 9.59 Å². The van der Waals surface area contributed by atoms with E-state index >= 15 is 0 Å². The minimum absolute atomic E-state index is 0.168. The first kappa shape index (κ1) is 39.3. The van der Waals surface area contributed by atoms with Crippen molar-refractivity contribution in [3.8, 4) is 0 Å². The SMILES string of the molecule is CCCCC[C@](C)(CCC(C)=O)Nc1nc(N)nc2cc(Cl)cnc12.CCCCC[C@](C)(CCC(C)=O)Nc1nc(N)nc2cccnc12. The van der Waals surface area contributed by atoms with E-state index in [2.05, 4.69) is 68.2 Å². The van der Waals surface area contributed by atoms with Gasteiger partial charge in [-0.25, -0.2) is 15.0 Å². The summed E-state index contributed by atoms with van der Waals surface area (Å²) in [7, 11) is 0. The maximum Gasteiger partial charge on any atom is 0.222 e. The second-order valence-electron chi connectivity index (χ2n) is 13.4. The van der Waals surface area contributed by atoms with Crippen molar-refractivity contribution in [3.63, 3.8) is 0 Å². The number of pyridine rings is 2. The monoisotopic (exact) mass is 692 g/mol. The van der Waals surface area contributed by atoms with Gasteiger partial charge in [-0.1, -0.05) is 64.0 Å². The number of carbonyl (C=O) groups excluding carboxylic acids is 2. The summed E-state index contributed by atoms with van der Waals surface area (Å²) in [5.41, 5.74) is 13.8. The molecule has 0 saturated carbocycles. The lowest BCUT2D eigenvalue weighted by molar-refractivity contribution is -0.118. The van der Waals surface area contributed by atoms with Gasteiger partial charge in [0.2, 0.25) is 11.9 Å². The van der Waals surface area contributed by atoms with Crippen molar-refractivity contribution in [2.24, 2.45) is 0 Å². The lowest BCUT2D eigenvalue weighted by Gasteiger charge is -2.32. The van der Waals surface area contributed by atoms with Crippen LogP contribution in [0.2, 0.25) is 5.02 Å². The van der Waals surface area contributed by atoms with Crippen LogP contribution in [0.15, 0.2) is 30.6 Å². The van der Waals surface area contributed by atoms with Crippen LogP contribution in [0.1, 0.15) is 119 Å². The number of halogens is 1. The predicted molar refractivity (Wildman–Crippen MR) is 201 cm³/mol. The molecule has 4 rings (SSSR count). The van der Waals surface area contributed by atoms with Gasteiger partial charge >= 0.3 is 0 Å². The number of carbonyl (C=O) groups is 2. The van der Waals surface area contributed by atoms with Crippen LogP contribution in [0.3, 0.4) is 0 Å². The number of ketones is 2. The maximum absolute atomic E-state index is 11.5. The molecule has 0 aliphatic carbocycles. The number of unbranched alkanes of at least 4 members (excludes halogenated alkanes) is 4. The molecule has 6 N–H and O–H groups in total. The van der Waals surface area contributed by atoms with Crippen molar-refractivity contribution in [1.29, 1.82) is 0 Å². The average Bonchev–Trinajstić information content (AvgIpc) is 3.03. The number of hydrogen-bond acceptors (Lipinski definition) is 12. The van der Waals surface area contributed by atoms with Gasteiger partial charge in [-0.3, -0.25) is 4.98 Å². The van der Waals surface area contributed by atoms with Crippen molar-refractivity contribution in [2.75, 3.05) is 22.1 Å². The Kier molecular flexibility index (Phi) is 14.9. The largest absolute Gasteiger partial charge is 0.368 e. The number of anilines is 4. The van der Waals surface area contributed by atoms with Gasteiger partial charge in [-0.05, 0) is 71.6 Å². The average molecular weight is 693 g/mol. The highest BCUT2D eigenvalue weighted by molar-refractivity contribution is 6.31. The van der Waals surface area contributed by atoms with E-state index in [1.807, 2.05) is 12.1 Å². The summed E-state index contributed by atoms with van der Waals surface area (Å²) in [6.45, 7) is 11.9. The molecule has 0 unspecified atom stereocenters. The topological polar surface area (TPSA) is 188 Å². The normalized spacial score (nSPS) is 13.6. The molecule has 0 aliphatic heterocycles. The molecule has 2 atom stereocenters. The number of fused-ring (bicyclic) bond motifs is 2. The van der Waals surface area contributed by atoms with E-state index in [9.17, 15) is 9.59 Å². The predicted octanol–water partition coefficient (Wildman–Crippen LogP) is 8.11. The smallest absolute Gasteiger partial charge is 0.222 e. The summed E-state index contributed by atoms with van der Waals surface area (Å²) in [6.07, 6.45) is 14.5. The first-order valence-corrected chi connectivity index (χ1v) is 17.7. The summed E-state index contributed by atoms with van der Waals surface area (Å²) < 4.78 is 0. The number of nitrogens with two attached hydrogens (primary N) is 2. The molecule has 0 aromatic carbocycles. The third kappa shape index (κ3) is 12.6. The molecule has 0 amide bonds. The summed E-state index contributed by atoms with van der Waals surface area (Å²) >= 11 is 6.00. The quantitative estimate of drug-likeness (QED) is 0.0734. The second kappa shape index (κ2) is 18.5. The van der Waals surface area contributed by atoms with Crippen LogP contribution in [-0.2, 0) is 9.59 Å². The molecule has 49 heavy (non-hydrogen) atoms. The molecular formula is C36H53ClN10O2. The van der Waals surface area contributed by atoms with E-state index < -0.39 is 0 Å². The van der Waals surface area contributed by atoms with Gasteiger partial charge < -0.3 is 31.7 Å². The number of rotatable bonds is 18. The van der Waals surface area contributed by atoms with E-state index in [0.29, 0.717) is 46.1 Å². The van der Waals surface area contributed by atoms with E-state index in [1.165, 1.54) is 6.42 Å². The number of hydrogen-bond donors (Lipinski definition) is 4. The van der Waals surface area contributed by atoms with Crippen LogP contribution >= 0.6 is 11.6 Å². The van der Waals surface area contributed by atoms with Gasteiger partial charge in [0, 0.05) is 36.3 Å². The Morgan fingerprint density at radius 1 is 0.735 bits per heavy atom. The number of nitrogen functional groups attached to an aromatic ring is 2. The third-order valence-electron chi connectivity index (χ3n) is 8.55. The van der Waals surface area contributed by atoms with Crippen molar-refractivity contribution in [3.05, 3.63) is 35.6 Å². The molecule has 12 nitrogen and oxygen atoms in total. The molecule has 0 bridgehead atoms. The van der Waals surface area contributed by atoms with Gasteiger partial charge in [-0.15, -0.1) is 0 Å². The Balaban J connectivity index is 0.000000266. The van der Waals surface area contributed by atoms with Gasteiger partial charge in [0.05, 0.1) is 16.1 Å². The first-order valence-electron chi connectivity index (χ1n) is 17.3. The standard InChI is InChI=1S/C18H26ClN5O.C18H27N5O/c1-4-5-6-8-18(3,9-7-12(2)25)24-16-15-14(22-17(20)23-16)10-13(19)11-21-15;1-4-5-6-10-18(3,11-9-13(2)24)23-16-15-14(8-7-12-20-15)21-17(19)22-16/h10-11H,4-9H2,1-3H3,(H3,20,22,23,24);7-8,12H,4-6,9-11H2,1-3H3,(H3,19,21,22,23)/t2*18-/m11/s1. The molecule has 266 valence electrons. The molecule has 4 aromatic heterocycles.